The average Bonchev–Trinajstić information content (AvgIpc) is 3.00. The topological polar surface area (TPSA) is 78.5 Å². The fourth-order valence-electron chi connectivity index (χ4n) is 3.55. The van der Waals surface area contributed by atoms with Crippen LogP contribution in [0.3, 0.4) is 0 Å². The van der Waals surface area contributed by atoms with Crippen LogP contribution in [0.15, 0.2) is 72.8 Å². The van der Waals surface area contributed by atoms with E-state index in [0.717, 1.165) is 16.9 Å². The predicted molar refractivity (Wildman–Crippen MR) is 121 cm³/mol. The van der Waals surface area contributed by atoms with Crippen LogP contribution in [-0.2, 0) is 4.79 Å². The van der Waals surface area contributed by atoms with E-state index in [1.54, 1.807) is 12.1 Å². The molecule has 4 rings (SSSR count). The number of hydrogen-bond donors (Lipinski definition) is 2. The minimum atomic E-state index is -0.290. The summed E-state index contributed by atoms with van der Waals surface area (Å²) in [5, 5.41) is 6.14. The van der Waals surface area contributed by atoms with Gasteiger partial charge in [-0.1, -0.05) is 29.8 Å². The fourth-order valence-corrected chi connectivity index (χ4v) is 3.55. The molecule has 6 heteroatoms. The van der Waals surface area contributed by atoms with Crippen molar-refractivity contribution in [2.45, 2.75) is 19.8 Å². The van der Waals surface area contributed by atoms with Crippen molar-refractivity contribution in [1.82, 2.24) is 4.90 Å². The Bertz CT molecular complexity index is 1120. The minimum absolute atomic E-state index is 0.156. The third-order valence-corrected chi connectivity index (χ3v) is 5.14. The number of hydrogen-bond acceptors (Lipinski definition) is 4. The lowest BCUT2D eigenvalue weighted by molar-refractivity contribution is -0.116. The number of aryl methyl sites for hydroxylation is 1. The summed E-state index contributed by atoms with van der Waals surface area (Å²) in [6, 6.07) is 22.5. The molecule has 6 nitrogen and oxygen atoms in total. The standard InChI is InChI=1S/C25H23N3O3/c1-17-9-14-21-22(16-17)25(31)28(24(21)30)15-5-8-23(29)27-20-12-10-19(11-13-20)26-18-6-3-2-4-7-18/h2-4,6-7,9-14,16,26H,5,8,15H2,1H3,(H,27,29). The van der Waals surface area contributed by atoms with Crippen LogP contribution in [-0.4, -0.2) is 29.2 Å². The summed E-state index contributed by atoms with van der Waals surface area (Å²) in [6.45, 7) is 2.11. The second kappa shape index (κ2) is 8.83. The lowest BCUT2D eigenvalue weighted by Gasteiger charge is -2.13. The zero-order chi connectivity index (χ0) is 21.8. The number of imide groups is 1. The van der Waals surface area contributed by atoms with Gasteiger partial charge in [-0.05, 0) is 61.9 Å². The summed E-state index contributed by atoms with van der Waals surface area (Å²) in [7, 11) is 0. The van der Waals surface area contributed by atoms with Gasteiger partial charge in [-0.3, -0.25) is 19.3 Å². The van der Waals surface area contributed by atoms with E-state index >= 15 is 0 Å². The summed E-state index contributed by atoms with van der Waals surface area (Å²) < 4.78 is 0. The molecule has 0 aliphatic carbocycles. The van der Waals surface area contributed by atoms with Gasteiger partial charge in [0, 0.05) is 30.0 Å². The van der Waals surface area contributed by atoms with Gasteiger partial charge < -0.3 is 10.6 Å². The Morgan fingerprint density at radius 2 is 1.45 bits per heavy atom. The molecule has 3 aromatic carbocycles. The SMILES string of the molecule is Cc1ccc2c(c1)C(=O)N(CCCC(=O)Nc1ccc(Nc3ccccc3)cc1)C2=O. The highest BCUT2D eigenvalue weighted by Crippen LogP contribution is 2.24. The molecule has 0 aromatic heterocycles. The quantitative estimate of drug-likeness (QED) is 0.548. The zero-order valence-corrected chi connectivity index (χ0v) is 17.2. The first-order chi connectivity index (χ1) is 15.0. The van der Waals surface area contributed by atoms with Crippen LogP contribution in [0.4, 0.5) is 17.1 Å². The van der Waals surface area contributed by atoms with Crippen LogP contribution >= 0.6 is 0 Å². The van der Waals surface area contributed by atoms with Gasteiger partial charge >= 0.3 is 0 Å². The van der Waals surface area contributed by atoms with Crippen molar-refractivity contribution in [1.29, 1.82) is 0 Å². The van der Waals surface area contributed by atoms with Gasteiger partial charge in [-0.2, -0.15) is 0 Å². The van der Waals surface area contributed by atoms with Gasteiger partial charge in [0.05, 0.1) is 11.1 Å². The Labute approximate surface area is 180 Å². The highest BCUT2D eigenvalue weighted by molar-refractivity contribution is 6.21. The number of carbonyl (C=O) groups is 3. The molecule has 1 aliphatic heterocycles. The summed E-state index contributed by atoms with van der Waals surface area (Å²) in [6.07, 6.45) is 0.625. The molecule has 156 valence electrons. The van der Waals surface area contributed by atoms with Gasteiger partial charge in [-0.15, -0.1) is 0 Å². The average molecular weight is 413 g/mol. The van der Waals surface area contributed by atoms with E-state index in [9.17, 15) is 14.4 Å². The summed E-state index contributed by atoms with van der Waals surface area (Å²) in [5.74, 6) is -0.733. The number of rotatable bonds is 7. The lowest BCUT2D eigenvalue weighted by atomic mass is 10.1. The van der Waals surface area contributed by atoms with Crippen molar-refractivity contribution in [2.75, 3.05) is 17.2 Å². The normalized spacial score (nSPS) is 12.6. The van der Waals surface area contributed by atoms with Gasteiger partial charge in [0.15, 0.2) is 0 Å². The molecule has 0 fully saturated rings. The van der Waals surface area contributed by atoms with Gasteiger partial charge in [0.25, 0.3) is 11.8 Å². The highest BCUT2D eigenvalue weighted by Gasteiger charge is 2.34. The molecule has 0 bridgehead atoms. The Morgan fingerprint density at radius 1 is 0.806 bits per heavy atom. The van der Waals surface area contributed by atoms with E-state index in [2.05, 4.69) is 10.6 Å². The highest BCUT2D eigenvalue weighted by atomic mass is 16.2. The number of amides is 3. The first-order valence-electron chi connectivity index (χ1n) is 10.2. The second-order valence-electron chi connectivity index (χ2n) is 7.53. The van der Waals surface area contributed by atoms with E-state index in [1.807, 2.05) is 67.6 Å². The molecule has 0 atom stereocenters. The predicted octanol–water partition coefficient (Wildman–Crippen LogP) is 4.75. The van der Waals surface area contributed by atoms with E-state index in [1.165, 1.54) is 4.90 Å². The molecule has 1 heterocycles. The molecule has 2 N–H and O–H groups in total. The maximum atomic E-state index is 12.5. The molecular formula is C25H23N3O3. The number of carbonyl (C=O) groups excluding carboxylic acids is 3. The van der Waals surface area contributed by atoms with Crippen LogP contribution in [0.25, 0.3) is 0 Å². The maximum absolute atomic E-state index is 12.5. The summed E-state index contributed by atoms with van der Waals surface area (Å²) >= 11 is 0. The molecule has 1 aliphatic rings. The Morgan fingerprint density at radius 3 is 2.19 bits per heavy atom. The molecule has 3 aromatic rings. The summed E-state index contributed by atoms with van der Waals surface area (Å²) in [4.78, 5) is 38.4. The Balaban J connectivity index is 1.26. The lowest BCUT2D eigenvalue weighted by Crippen LogP contribution is -2.31. The van der Waals surface area contributed by atoms with Crippen LogP contribution in [0.1, 0.15) is 39.1 Å². The van der Waals surface area contributed by atoms with Gasteiger partial charge in [0.2, 0.25) is 5.91 Å². The van der Waals surface area contributed by atoms with Crippen LogP contribution in [0.5, 0.6) is 0 Å². The minimum Gasteiger partial charge on any atom is -0.356 e. The van der Waals surface area contributed by atoms with E-state index < -0.39 is 0 Å². The third kappa shape index (κ3) is 4.64. The maximum Gasteiger partial charge on any atom is 0.261 e. The molecule has 0 saturated carbocycles. The number of anilines is 3. The van der Waals surface area contributed by atoms with Gasteiger partial charge in [0.1, 0.15) is 0 Å². The van der Waals surface area contributed by atoms with Crippen molar-refractivity contribution in [3.8, 4) is 0 Å². The van der Waals surface area contributed by atoms with Crippen molar-refractivity contribution in [3.05, 3.63) is 89.5 Å². The number of benzene rings is 3. The monoisotopic (exact) mass is 413 g/mol. The van der Waals surface area contributed by atoms with Crippen LogP contribution in [0.2, 0.25) is 0 Å². The van der Waals surface area contributed by atoms with Crippen molar-refractivity contribution in [2.24, 2.45) is 0 Å². The summed E-state index contributed by atoms with van der Waals surface area (Å²) in [5.41, 5.74) is 4.42. The number of para-hydroxylation sites is 1. The van der Waals surface area contributed by atoms with Crippen molar-refractivity contribution in [3.63, 3.8) is 0 Å². The largest absolute Gasteiger partial charge is 0.356 e. The van der Waals surface area contributed by atoms with E-state index in [0.29, 0.717) is 23.2 Å². The first-order valence-corrected chi connectivity index (χ1v) is 10.2. The zero-order valence-electron chi connectivity index (χ0n) is 17.2. The molecule has 0 unspecified atom stereocenters. The first kappa shape index (κ1) is 20.3. The number of fused-ring (bicyclic) bond motifs is 1. The Kier molecular flexibility index (Phi) is 5.80. The fraction of sp³-hybridized carbons (Fsp3) is 0.160. The van der Waals surface area contributed by atoms with Crippen LogP contribution < -0.4 is 10.6 Å². The molecule has 31 heavy (non-hydrogen) atoms. The number of nitrogens with one attached hydrogen (secondary N) is 2. The molecule has 0 spiro atoms. The molecular weight excluding hydrogens is 390 g/mol. The molecule has 0 saturated heterocycles. The number of nitrogens with zero attached hydrogens (tertiary/aromatic N) is 1. The smallest absolute Gasteiger partial charge is 0.261 e. The molecule has 0 radical (unpaired) electrons. The van der Waals surface area contributed by atoms with Crippen LogP contribution in [0, 0.1) is 6.92 Å². The van der Waals surface area contributed by atoms with E-state index in [4.69, 9.17) is 0 Å². The van der Waals surface area contributed by atoms with E-state index in [-0.39, 0.29) is 30.7 Å². The van der Waals surface area contributed by atoms with Crippen molar-refractivity contribution >= 4 is 34.8 Å². The third-order valence-electron chi connectivity index (χ3n) is 5.14. The Hall–Kier alpha value is -3.93. The molecule has 3 amide bonds. The van der Waals surface area contributed by atoms with Crippen molar-refractivity contribution < 1.29 is 14.4 Å². The second-order valence-corrected chi connectivity index (χ2v) is 7.53. The van der Waals surface area contributed by atoms with Gasteiger partial charge in [-0.25, -0.2) is 0 Å².